The van der Waals surface area contributed by atoms with E-state index >= 15 is 0 Å². The van der Waals surface area contributed by atoms with E-state index in [0.29, 0.717) is 13.0 Å². The van der Waals surface area contributed by atoms with E-state index in [-0.39, 0.29) is 18.1 Å². The second-order valence-corrected chi connectivity index (χ2v) is 10.1. The predicted molar refractivity (Wildman–Crippen MR) is 131 cm³/mol. The summed E-state index contributed by atoms with van der Waals surface area (Å²) in [7, 11) is -1.37. The van der Waals surface area contributed by atoms with E-state index in [1.54, 1.807) is 6.92 Å². The Bertz CT molecular complexity index is 1050. The lowest BCUT2D eigenvalue weighted by molar-refractivity contribution is -0.140. The SMILES string of the molecule is CCCNC(=O)[C@@H](CC)N(Cc1ccccc1)C(=O)CN(c1ccc(F)cc1)S(=O)(=O)N(C)C. The number of nitrogens with zero attached hydrogens (tertiary/aromatic N) is 3. The van der Waals surface area contributed by atoms with Crippen molar-refractivity contribution < 1.29 is 22.4 Å². The average molecular weight is 493 g/mol. The molecule has 8 nitrogen and oxygen atoms in total. The summed E-state index contributed by atoms with van der Waals surface area (Å²) < 4.78 is 41.5. The van der Waals surface area contributed by atoms with E-state index in [4.69, 9.17) is 0 Å². The van der Waals surface area contributed by atoms with E-state index in [0.717, 1.165) is 32.7 Å². The van der Waals surface area contributed by atoms with Crippen LogP contribution in [0.5, 0.6) is 0 Å². The molecule has 2 amide bonds. The van der Waals surface area contributed by atoms with Crippen molar-refractivity contribution in [1.29, 1.82) is 0 Å². The topological polar surface area (TPSA) is 90.0 Å². The zero-order valence-electron chi connectivity index (χ0n) is 20.1. The lowest BCUT2D eigenvalue weighted by Gasteiger charge is -2.33. The van der Waals surface area contributed by atoms with Gasteiger partial charge in [0.1, 0.15) is 18.4 Å². The number of rotatable bonds is 12. The first-order valence-electron chi connectivity index (χ1n) is 11.2. The van der Waals surface area contributed by atoms with Gasteiger partial charge in [0.05, 0.1) is 5.69 Å². The van der Waals surface area contributed by atoms with Crippen LogP contribution in [0.4, 0.5) is 10.1 Å². The Balaban J connectivity index is 2.45. The van der Waals surface area contributed by atoms with E-state index < -0.39 is 34.5 Å². The Morgan fingerprint density at radius 1 is 1.00 bits per heavy atom. The molecule has 0 unspecified atom stereocenters. The lowest BCUT2D eigenvalue weighted by Crippen LogP contribution is -2.53. The van der Waals surface area contributed by atoms with Crippen LogP contribution in [0.1, 0.15) is 32.3 Å². The molecule has 2 aromatic carbocycles. The Kier molecular flexibility index (Phi) is 10.0. The minimum atomic E-state index is -4.08. The minimum absolute atomic E-state index is 0.136. The fourth-order valence-corrected chi connectivity index (χ4v) is 4.45. The number of halogens is 1. The summed E-state index contributed by atoms with van der Waals surface area (Å²) in [5.41, 5.74) is 0.952. The highest BCUT2D eigenvalue weighted by molar-refractivity contribution is 7.90. The summed E-state index contributed by atoms with van der Waals surface area (Å²) in [4.78, 5) is 27.9. The van der Waals surface area contributed by atoms with Gasteiger partial charge in [-0.3, -0.25) is 9.59 Å². The van der Waals surface area contributed by atoms with Gasteiger partial charge >= 0.3 is 10.2 Å². The highest BCUT2D eigenvalue weighted by Gasteiger charge is 2.33. The number of hydrogen-bond donors (Lipinski definition) is 1. The normalized spacial score (nSPS) is 12.3. The van der Waals surface area contributed by atoms with Crippen molar-refractivity contribution in [3.63, 3.8) is 0 Å². The number of carbonyl (C=O) groups is 2. The van der Waals surface area contributed by atoms with Gasteiger partial charge in [-0.1, -0.05) is 44.2 Å². The van der Waals surface area contributed by atoms with E-state index in [2.05, 4.69) is 5.32 Å². The van der Waals surface area contributed by atoms with Crippen molar-refractivity contribution >= 4 is 27.7 Å². The van der Waals surface area contributed by atoms with Crippen molar-refractivity contribution in [2.45, 2.75) is 39.3 Å². The first-order chi connectivity index (χ1) is 16.1. The highest BCUT2D eigenvalue weighted by atomic mass is 32.2. The van der Waals surface area contributed by atoms with E-state index in [1.807, 2.05) is 37.3 Å². The van der Waals surface area contributed by atoms with Crippen LogP contribution in [0.2, 0.25) is 0 Å². The maximum Gasteiger partial charge on any atom is 0.304 e. The molecule has 2 aromatic rings. The minimum Gasteiger partial charge on any atom is -0.354 e. The monoisotopic (exact) mass is 492 g/mol. The van der Waals surface area contributed by atoms with Gasteiger partial charge < -0.3 is 10.2 Å². The fourth-order valence-electron chi connectivity index (χ4n) is 3.39. The molecule has 2 rings (SSSR count). The maximum atomic E-state index is 13.6. The summed E-state index contributed by atoms with van der Waals surface area (Å²) >= 11 is 0. The second-order valence-electron chi connectivity index (χ2n) is 8.00. The van der Waals surface area contributed by atoms with Gasteiger partial charge in [0.2, 0.25) is 11.8 Å². The molecule has 186 valence electrons. The fraction of sp³-hybridized carbons (Fsp3) is 0.417. The number of benzene rings is 2. The Hall–Kier alpha value is -2.98. The smallest absolute Gasteiger partial charge is 0.304 e. The van der Waals surface area contributed by atoms with Crippen molar-refractivity contribution in [3.05, 3.63) is 66.0 Å². The first kappa shape index (κ1) is 27.3. The molecule has 1 atom stereocenters. The summed E-state index contributed by atoms with van der Waals surface area (Å²) in [6.07, 6.45) is 1.10. The van der Waals surface area contributed by atoms with Crippen LogP contribution in [0.3, 0.4) is 0 Å². The van der Waals surface area contributed by atoms with Crippen LogP contribution in [0.15, 0.2) is 54.6 Å². The van der Waals surface area contributed by atoms with Crippen LogP contribution >= 0.6 is 0 Å². The molecular weight excluding hydrogens is 459 g/mol. The van der Waals surface area contributed by atoms with Crippen molar-refractivity contribution in [3.8, 4) is 0 Å². The van der Waals surface area contributed by atoms with Gasteiger partial charge in [-0.25, -0.2) is 8.70 Å². The summed E-state index contributed by atoms with van der Waals surface area (Å²) in [5, 5.41) is 2.83. The van der Waals surface area contributed by atoms with Crippen LogP contribution in [-0.4, -0.2) is 62.7 Å². The molecule has 1 N–H and O–H groups in total. The number of anilines is 1. The molecule has 0 heterocycles. The number of amides is 2. The van der Waals surface area contributed by atoms with Gasteiger partial charge in [-0.05, 0) is 42.7 Å². The van der Waals surface area contributed by atoms with Crippen LogP contribution in [-0.2, 0) is 26.3 Å². The molecule has 34 heavy (non-hydrogen) atoms. The third kappa shape index (κ3) is 7.01. The maximum absolute atomic E-state index is 13.6. The Morgan fingerprint density at radius 2 is 1.62 bits per heavy atom. The molecule has 0 aliphatic heterocycles. The van der Waals surface area contributed by atoms with E-state index in [9.17, 15) is 22.4 Å². The zero-order valence-corrected chi connectivity index (χ0v) is 20.9. The van der Waals surface area contributed by atoms with Crippen LogP contribution in [0.25, 0.3) is 0 Å². The number of carbonyl (C=O) groups excluding carboxylic acids is 2. The molecule has 0 aliphatic rings. The lowest BCUT2D eigenvalue weighted by atomic mass is 10.1. The molecule has 0 fully saturated rings. The predicted octanol–water partition coefficient (Wildman–Crippen LogP) is 2.77. The molecular formula is C24H33FN4O4S. The standard InChI is InChI=1S/C24H33FN4O4S/c1-5-16-26-24(31)22(6-2)28(17-19-10-8-7-9-11-19)23(30)18-29(34(32,33)27(3)4)21-14-12-20(25)13-15-21/h7-15,22H,5-6,16-18H2,1-4H3,(H,26,31)/t22-/m1/s1. The van der Waals surface area contributed by atoms with Gasteiger partial charge in [-0.2, -0.15) is 12.7 Å². The molecule has 0 saturated carbocycles. The Morgan fingerprint density at radius 3 is 2.15 bits per heavy atom. The van der Waals surface area contributed by atoms with Gasteiger partial charge in [0, 0.05) is 27.2 Å². The zero-order chi connectivity index (χ0) is 25.3. The third-order valence-corrected chi connectivity index (χ3v) is 7.08. The van der Waals surface area contributed by atoms with Crippen LogP contribution in [0, 0.1) is 5.82 Å². The highest BCUT2D eigenvalue weighted by Crippen LogP contribution is 2.21. The molecule has 0 bridgehead atoms. The first-order valence-corrected chi connectivity index (χ1v) is 12.6. The average Bonchev–Trinajstić information content (AvgIpc) is 2.82. The quantitative estimate of drug-likeness (QED) is 0.493. The largest absolute Gasteiger partial charge is 0.354 e. The van der Waals surface area contributed by atoms with Gasteiger partial charge in [0.15, 0.2) is 0 Å². The summed E-state index contributed by atoms with van der Waals surface area (Å²) in [6.45, 7) is 3.80. The van der Waals surface area contributed by atoms with Gasteiger partial charge in [0.25, 0.3) is 0 Å². The molecule has 0 saturated heterocycles. The van der Waals surface area contributed by atoms with Crippen molar-refractivity contribution in [1.82, 2.24) is 14.5 Å². The third-order valence-electron chi connectivity index (χ3n) is 5.26. The second kappa shape index (κ2) is 12.5. The van der Waals surface area contributed by atoms with E-state index in [1.165, 1.54) is 31.1 Å². The van der Waals surface area contributed by atoms with Crippen LogP contribution < -0.4 is 9.62 Å². The number of hydrogen-bond acceptors (Lipinski definition) is 4. The molecule has 0 radical (unpaired) electrons. The molecule has 0 aliphatic carbocycles. The summed E-state index contributed by atoms with van der Waals surface area (Å²) in [5.74, 6) is -1.36. The Labute approximate surface area is 201 Å². The molecule has 0 spiro atoms. The summed E-state index contributed by atoms with van der Waals surface area (Å²) in [6, 6.07) is 13.3. The molecule has 0 aromatic heterocycles. The number of nitrogens with one attached hydrogen (secondary N) is 1. The van der Waals surface area contributed by atoms with Crippen molar-refractivity contribution in [2.75, 3.05) is 31.5 Å². The van der Waals surface area contributed by atoms with Crippen molar-refractivity contribution in [2.24, 2.45) is 0 Å². The van der Waals surface area contributed by atoms with Gasteiger partial charge in [-0.15, -0.1) is 0 Å². The molecule has 10 heteroatoms.